The van der Waals surface area contributed by atoms with E-state index < -0.39 is 9.70 Å². The number of para-hydroxylation sites is 1. The molecular formula is C22H18BrN2OS+. The van der Waals surface area contributed by atoms with Gasteiger partial charge in [-0.3, -0.25) is 10.5 Å². The number of carbonyl (C=O) groups excluding carboxylic acids is 1. The first-order chi connectivity index (χ1) is 13.1. The fourth-order valence-corrected chi connectivity index (χ4v) is 5.86. The predicted octanol–water partition coefficient (Wildman–Crippen LogP) is 4.89. The summed E-state index contributed by atoms with van der Waals surface area (Å²) in [6.45, 7) is 0. The highest BCUT2D eigenvalue weighted by Crippen LogP contribution is 2.50. The summed E-state index contributed by atoms with van der Waals surface area (Å²) < 4.78 is 1.23. The van der Waals surface area contributed by atoms with Gasteiger partial charge < -0.3 is 0 Å². The number of hydrogen-bond donors (Lipinski definition) is 1. The van der Waals surface area contributed by atoms with Crippen molar-refractivity contribution >= 4 is 44.3 Å². The molecule has 1 aliphatic rings. The Labute approximate surface area is 171 Å². The molecule has 2 N–H and O–H groups in total. The number of carbonyl (C=O) groups is 1. The van der Waals surface area contributed by atoms with E-state index in [0.717, 1.165) is 11.3 Å². The van der Waals surface area contributed by atoms with Gasteiger partial charge in [0.25, 0.3) is 0 Å². The van der Waals surface area contributed by atoms with Gasteiger partial charge in [-0.25, -0.2) is 4.58 Å². The highest BCUT2D eigenvalue weighted by molar-refractivity contribution is 9.09. The van der Waals surface area contributed by atoms with E-state index in [0.29, 0.717) is 10.7 Å². The van der Waals surface area contributed by atoms with Crippen LogP contribution in [0.15, 0.2) is 91.0 Å². The second-order valence-electron chi connectivity index (χ2n) is 6.28. The van der Waals surface area contributed by atoms with Crippen LogP contribution in [0.3, 0.4) is 0 Å². The Morgan fingerprint density at radius 2 is 1.41 bits per heavy atom. The lowest BCUT2D eigenvalue weighted by Gasteiger charge is -2.29. The highest BCUT2D eigenvalue weighted by Gasteiger charge is 2.57. The Morgan fingerprint density at radius 1 is 0.889 bits per heavy atom. The molecule has 1 aliphatic heterocycles. The number of rotatable bonds is 4. The number of thioether (sulfide) groups is 1. The van der Waals surface area contributed by atoms with Crippen molar-refractivity contribution in [2.45, 2.75) is 9.70 Å². The van der Waals surface area contributed by atoms with Crippen molar-refractivity contribution in [1.82, 2.24) is 0 Å². The number of halogens is 1. The molecular weight excluding hydrogens is 420 g/mol. The number of ketones is 1. The number of nitrogens with zero attached hydrogens (tertiary/aromatic N) is 1. The van der Waals surface area contributed by atoms with Gasteiger partial charge in [0.1, 0.15) is 10.9 Å². The van der Waals surface area contributed by atoms with Crippen molar-refractivity contribution in [3.63, 3.8) is 0 Å². The quantitative estimate of drug-likeness (QED) is 0.273. The van der Waals surface area contributed by atoms with Crippen LogP contribution in [0.2, 0.25) is 0 Å². The van der Waals surface area contributed by atoms with Gasteiger partial charge >= 0.3 is 5.17 Å². The normalized spacial score (nSPS) is 22.0. The molecule has 0 aromatic heterocycles. The van der Waals surface area contributed by atoms with E-state index in [-0.39, 0.29) is 5.78 Å². The molecule has 134 valence electrons. The number of hydrogen-bond acceptors (Lipinski definition) is 3. The molecule has 0 amide bonds. The SMILES string of the molecule is NC1=[N+](c2ccccc2)C(Br)(c2ccccc2)C(C(=O)c2ccccc2)S1. The fraction of sp³-hybridized carbons (Fsp3) is 0.0909. The zero-order chi connectivity index (χ0) is 18.9. The van der Waals surface area contributed by atoms with Crippen molar-refractivity contribution in [2.24, 2.45) is 5.73 Å². The summed E-state index contributed by atoms with van der Waals surface area (Å²) in [6.07, 6.45) is 0. The van der Waals surface area contributed by atoms with Crippen molar-refractivity contribution in [3.8, 4) is 0 Å². The van der Waals surface area contributed by atoms with Crippen LogP contribution in [0.25, 0.3) is 0 Å². The van der Waals surface area contributed by atoms with Crippen LogP contribution in [0.1, 0.15) is 15.9 Å². The van der Waals surface area contributed by atoms with E-state index >= 15 is 0 Å². The van der Waals surface area contributed by atoms with Crippen LogP contribution in [-0.4, -0.2) is 20.8 Å². The summed E-state index contributed by atoms with van der Waals surface area (Å²) in [5.41, 5.74) is 9.05. The number of amidine groups is 1. The lowest BCUT2D eigenvalue weighted by atomic mass is 9.96. The molecule has 0 radical (unpaired) electrons. The van der Waals surface area contributed by atoms with E-state index in [1.54, 1.807) is 0 Å². The zero-order valence-corrected chi connectivity index (χ0v) is 16.9. The Hall–Kier alpha value is -2.37. The Morgan fingerprint density at radius 3 is 2.00 bits per heavy atom. The number of alkyl halides is 1. The molecule has 1 heterocycles. The fourth-order valence-electron chi connectivity index (χ4n) is 3.35. The van der Waals surface area contributed by atoms with Gasteiger partial charge in [-0.1, -0.05) is 78.9 Å². The molecule has 0 fully saturated rings. The van der Waals surface area contributed by atoms with Gasteiger partial charge in [0, 0.05) is 11.1 Å². The van der Waals surface area contributed by atoms with Crippen molar-refractivity contribution in [1.29, 1.82) is 0 Å². The molecule has 5 heteroatoms. The van der Waals surface area contributed by atoms with E-state index in [1.807, 2.05) is 95.6 Å². The third-order valence-electron chi connectivity index (χ3n) is 4.62. The monoisotopic (exact) mass is 437 g/mol. The van der Waals surface area contributed by atoms with Gasteiger partial charge in [-0.2, -0.15) is 0 Å². The lowest BCUT2D eigenvalue weighted by molar-refractivity contribution is -0.498. The third-order valence-corrected chi connectivity index (χ3v) is 7.41. The summed E-state index contributed by atoms with van der Waals surface area (Å²) in [4.78, 5) is 13.4. The number of Topliss-reactive ketones (excluding diaryl/α,β-unsaturated/α-hetero) is 1. The highest BCUT2D eigenvalue weighted by atomic mass is 79.9. The van der Waals surface area contributed by atoms with Crippen LogP contribution < -0.4 is 5.73 Å². The van der Waals surface area contributed by atoms with Crippen molar-refractivity contribution < 1.29 is 9.37 Å². The van der Waals surface area contributed by atoms with Crippen LogP contribution in [0.4, 0.5) is 5.69 Å². The van der Waals surface area contributed by atoms with Gasteiger partial charge in [0.05, 0.1) is 0 Å². The molecule has 3 aromatic carbocycles. The maximum absolute atomic E-state index is 13.4. The molecule has 0 bridgehead atoms. The van der Waals surface area contributed by atoms with Crippen molar-refractivity contribution in [3.05, 3.63) is 102 Å². The second-order valence-corrected chi connectivity index (χ2v) is 8.61. The Balaban J connectivity index is 1.88. The van der Waals surface area contributed by atoms with E-state index in [2.05, 4.69) is 15.9 Å². The van der Waals surface area contributed by atoms with E-state index in [4.69, 9.17) is 5.73 Å². The third kappa shape index (κ3) is 3.11. The zero-order valence-electron chi connectivity index (χ0n) is 14.5. The maximum atomic E-state index is 13.4. The Kier molecular flexibility index (Phi) is 4.89. The first kappa shape index (κ1) is 18.0. The average molecular weight is 438 g/mol. The number of benzene rings is 3. The molecule has 0 saturated heterocycles. The first-order valence-corrected chi connectivity index (χ1v) is 10.3. The topological polar surface area (TPSA) is 46.1 Å². The van der Waals surface area contributed by atoms with Gasteiger partial charge in [0.15, 0.2) is 5.78 Å². The molecule has 2 atom stereocenters. The minimum Gasteiger partial charge on any atom is -0.293 e. The summed E-state index contributed by atoms with van der Waals surface area (Å²) in [6, 6.07) is 29.3. The molecule has 3 nitrogen and oxygen atoms in total. The maximum Gasteiger partial charge on any atom is 0.311 e. The van der Waals surface area contributed by atoms with Crippen molar-refractivity contribution in [2.75, 3.05) is 0 Å². The second kappa shape index (κ2) is 7.33. The Bertz CT molecular complexity index is 993. The summed E-state index contributed by atoms with van der Waals surface area (Å²) in [5.74, 6) is 0.0442. The molecule has 3 aromatic rings. The minimum atomic E-state index is -0.780. The van der Waals surface area contributed by atoms with Gasteiger partial charge in [0.2, 0.25) is 4.45 Å². The van der Waals surface area contributed by atoms with Crippen LogP contribution in [0, 0.1) is 0 Å². The summed E-state index contributed by atoms with van der Waals surface area (Å²) >= 11 is 5.34. The largest absolute Gasteiger partial charge is 0.311 e. The summed E-state index contributed by atoms with van der Waals surface area (Å²) in [7, 11) is 0. The summed E-state index contributed by atoms with van der Waals surface area (Å²) in [5, 5.41) is 0.165. The van der Waals surface area contributed by atoms with Crippen LogP contribution in [-0.2, 0) is 4.45 Å². The molecule has 2 unspecified atom stereocenters. The minimum absolute atomic E-state index is 0.0442. The van der Waals surface area contributed by atoms with Gasteiger partial charge in [-0.05, 0) is 39.8 Å². The van der Waals surface area contributed by atoms with E-state index in [9.17, 15) is 4.79 Å². The average Bonchev–Trinajstić information content (AvgIpc) is 3.01. The lowest BCUT2D eigenvalue weighted by Crippen LogP contribution is -2.41. The molecule has 0 spiro atoms. The van der Waals surface area contributed by atoms with E-state index in [1.165, 1.54) is 11.8 Å². The van der Waals surface area contributed by atoms with Crippen LogP contribution >= 0.6 is 27.7 Å². The van der Waals surface area contributed by atoms with Crippen LogP contribution in [0.5, 0.6) is 0 Å². The predicted molar refractivity (Wildman–Crippen MR) is 115 cm³/mol. The number of nitrogens with two attached hydrogens (primary N) is 1. The molecule has 4 rings (SSSR count). The first-order valence-electron chi connectivity index (χ1n) is 8.60. The molecule has 0 saturated carbocycles. The standard InChI is InChI=1S/C22H17BrN2OS/c23-22(17-12-6-2-7-13-17)20(19(26)16-10-4-1-5-11-16)27-21(24)25(22)18-14-8-3-9-15-18/h1-15,20,24H/p+1. The smallest absolute Gasteiger partial charge is 0.293 e. The molecule has 0 aliphatic carbocycles. The van der Waals surface area contributed by atoms with Gasteiger partial charge in [-0.15, -0.1) is 0 Å². The molecule has 27 heavy (non-hydrogen) atoms.